The van der Waals surface area contributed by atoms with Crippen LogP contribution in [0.25, 0.3) is 0 Å². The van der Waals surface area contributed by atoms with E-state index in [1.54, 1.807) is 6.92 Å². The van der Waals surface area contributed by atoms with E-state index in [4.69, 9.17) is 5.11 Å². The SMILES string of the molecule is CC(O)CCC1=CC(O)CCC1. The average molecular weight is 170 g/mol. The molecule has 2 nitrogen and oxygen atoms in total. The molecule has 2 N–H and O–H groups in total. The summed E-state index contributed by atoms with van der Waals surface area (Å²) in [6.07, 6.45) is 6.35. The van der Waals surface area contributed by atoms with E-state index in [1.807, 2.05) is 6.08 Å². The van der Waals surface area contributed by atoms with Crippen molar-refractivity contribution in [1.82, 2.24) is 0 Å². The van der Waals surface area contributed by atoms with Gasteiger partial charge in [-0.3, -0.25) is 0 Å². The Labute approximate surface area is 73.9 Å². The third kappa shape index (κ3) is 3.37. The van der Waals surface area contributed by atoms with Crippen molar-refractivity contribution in [2.24, 2.45) is 0 Å². The molecule has 0 aromatic rings. The molecule has 1 aliphatic carbocycles. The smallest absolute Gasteiger partial charge is 0.0723 e. The van der Waals surface area contributed by atoms with Gasteiger partial charge < -0.3 is 10.2 Å². The highest BCUT2D eigenvalue weighted by Crippen LogP contribution is 2.22. The summed E-state index contributed by atoms with van der Waals surface area (Å²) in [5.41, 5.74) is 1.31. The second kappa shape index (κ2) is 4.63. The molecule has 0 fully saturated rings. The molecule has 0 heterocycles. The van der Waals surface area contributed by atoms with Crippen LogP contribution in [-0.4, -0.2) is 22.4 Å². The van der Waals surface area contributed by atoms with Crippen LogP contribution in [0.4, 0.5) is 0 Å². The zero-order chi connectivity index (χ0) is 8.97. The molecule has 1 rings (SSSR count). The number of hydrogen-bond donors (Lipinski definition) is 2. The van der Waals surface area contributed by atoms with Crippen LogP contribution in [0.15, 0.2) is 11.6 Å². The molecule has 0 radical (unpaired) electrons. The van der Waals surface area contributed by atoms with E-state index in [1.165, 1.54) is 5.57 Å². The van der Waals surface area contributed by atoms with E-state index in [0.29, 0.717) is 0 Å². The molecule has 0 aromatic carbocycles. The van der Waals surface area contributed by atoms with Crippen LogP contribution in [0.3, 0.4) is 0 Å². The summed E-state index contributed by atoms with van der Waals surface area (Å²) in [5, 5.41) is 18.4. The van der Waals surface area contributed by atoms with Crippen molar-refractivity contribution < 1.29 is 10.2 Å². The van der Waals surface area contributed by atoms with Gasteiger partial charge in [0.1, 0.15) is 0 Å². The summed E-state index contributed by atoms with van der Waals surface area (Å²) in [5.74, 6) is 0. The minimum atomic E-state index is -0.234. The zero-order valence-corrected chi connectivity index (χ0v) is 7.66. The van der Waals surface area contributed by atoms with Gasteiger partial charge in [-0.2, -0.15) is 0 Å². The standard InChI is InChI=1S/C10H18O2/c1-8(11)5-6-9-3-2-4-10(12)7-9/h7-8,10-12H,2-6H2,1H3. The Morgan fingerprint density at radius 3 is 3.00 bits per heavy atom. The first-order valence-electron chi connectivity index (χ1n) is 4.74. The van der Waals surface area contributed by atoms with Gasteiger partial charge in [-0.05, 0) is 39.0 Å². The van der Waals surface area contributed by atoms with E-state index in [2.05, 4.69) is 0 Å². The lowest BCUT2D eigenvalue weighted by Crippen LogP contribution is -2.10. The first-order chi connectivity index (χ1) is 5.68. The maximum Gasteiger partial charge on any atom is 0.0723 e. The van der Waals surface area contributed by atoms with Crippen molar-refractivity contribution in [1.29, 1.82) is 0 Å². The largest absolute Gasteiger partial charge is 0.393 e. The maximum atomic E-state index is 9.31. The van der Waals surface area contributed by atoms with Crippen LogP contribution in [0.5, 0.6) is 0 Å². The lowest BCUT2D eigenvalue weighted by molar-refractivity contribution is 0.180. The van der Waals surface area contributed by atoms with Gasteiger partial charge in [0.15, 0.2) is 0 Å². The molecule has 0 amide bonds. The highest BCUT2D eigenvalue weighted by atomic mass is 16.3. The maximum absolute atomic E-state index is 9.31. The molecular formula is C10H18O2. The quantitative estimate of drug-likeness (QED) is 0.632. The van der Waals surface area contributed by atoms with Gasteiger partial charge >= 0.3 is 0 Å². The normalized spacial score (nSPS) is 26.6. The predicted molar refractivity (Wildman–Crippen MR) is 48.9 cm³/mol. The second-order valence-corrected chi connectivity index (χ2v) is 3.67. The average Bonchev–Trinajstić information content (AvgIpc) is 2.01. The number of allylic oxidation sites excluding steroid dienone is 1. The molecule has 12 heavy (non-hydrogen) atoms. The van der Waals surface area contributed by atoms with Gasteiger partial charge in [-0.1, -0.05) is 11.6 Å². The van der Waals surface area contributed by atoms with E-state index in [-0.39, 0.29) is 12.2 Å². The van der Waals surface area contributed by atoms with Gasteiger partial charge in [0.05, 0.1) is 12.2 Å². The topological polar surface area (TPSA) is 40.5 Å². The molecule has 2 heteroatoms. The van der Waals surface area contributed by atoms with Crippen molar-refractivity contribution in [3.8, 4) is 0 Å². The fraction of sp³-hybridized carbons (Fsp3) is 0.800. The minimum absolute atomic E-state index is 0.218. The molecule has 0 spiro atoms. The highest BCUT2D eigenvalue weighted by Gasteiger charge is 2.10. The van der Waals surface area contributed by atoms with Gasteiger partial charge in [-0.25, -0.2) is 0 Å². The molecule has 0 saturated carbocycles. The fourth-order valence-electron chi connectivity index (χ4n) is 1.58. The fourth-order valence-corrected chi connectivity index (χ4v) is 1.58. The van der Waals surface area contributed by atoms with Crippen LogP contribution in [0.2, 0.25) is 0 Å². The summed E-state index contributed by atoms with van der Waals surface area (Å²) in [6.45, 7) is 1.81. The molecule has 2 atom stereocenters. The molecular weight excluding hydrogens is 152 g/mol. The Bertz CT molecular complexity index is 161. The highest BCUT2D eigenvalue weighted by molar-refractivity contribution is 5.08. The molecule has 2 unspecified atom stereocenters. The first kappa shape index (κ1) is 9.75. The number of aliphatic hydroxyl groups excluding tert-OH is 2. The second-order valence-electron chi connectivity index (χ2n) is 3.67. The predicted octanol–water partition coefficient (Wildman–Crippen LogP) is 1.62. The minimum Gasteiger partial charge on any atom is -0.393 e. The summed E-state index contributed by atoms with van der Waals surface area (Å²) < 4.78 is 0. The van der Waals surface area contributed by atoms with Crippen molar-refractivity contribution in [3.63, 3.8) is 0 Å². The van der Waals surface area contributed by atoms with Crippen LogP contribution in [0, 0.1) is 0 Å². The van der Waals surface area contributed by atoms with Gasteiger partial charge in [0.2, 0.25) is 0 Å². The van der Waals surface area contributed by atoms with E-state index in [9.17, 15) is 5.11 Å². The Morgan fingerprint density at radius 2 is 2.42 bits per heavy atom. The Balaban J connectivity index is 2.30. The van der Waals surface area contributed by atoms with Gasteiger partial charge in [-0.15, -0.1) is 0 Å². The van der Waals surface area contributed by atoms with Crippen molar-refractivity contribution in [3.05, 3.63) is 11.6 Å². The van der Waals surface area contributed by atoms with E-state index < -0.39 is 0 Å². The third-order valence-electron chi connectivity index (χ3n) is 2.31. The lowest BCUT2D eigenvalue weighted by atomic mass is 9.94. The monoisotopic (exact) mass is 170 g/mol. The van der Waals surface area contributed by atoms with Crippen LogP contribution in [-0.2, 0) is 0 Å². The summed E-state index contributed by atoms with van der Waals surface area (Å²) in [4.78, 5) is 0. The zero-order valence-electron chi connectivity index (χ0n) is 7.66. The van der Waals surface area contributed by atoms with Gasteiger partial charge in [0, 0.05) is 0 Å². The third-order valence-corrected chi connectivity index (χ3v) is 2.31. The molecule has 0 aliphatic heterocycles. The first-order valence-corrected chi connectivity index (χ1v) is 4.74. The molecule has 0 saturated heterocycles. The lowest BCUT2D eigenvalue weighted by Gasteiger charge is -2.17. The summed E-state index contributed by atoms with van der Waals surface area (Å²) >= 11 is 0. The molecule has 0 aromatic heterocycles. The number of rotatable bonds is 3. The van der Waals surface area contributed by atoms with E-state index in [0.717, 1.165) is 32.1 Å². The molecule has 0 bridgehead atoms. The Hall–Kier alpha value is -0.340. The molecule has 1 aliphatic rings. The molecule has 70 valence electrons. The summed E-state index contributed by atoms with van der Waals surface area (Å²) in [6, 6.07) is 0. The Morgan fingerprint density at radius 1 is 1.67 bits per heavy atom. The number of aliphatic hydroxyl groups is 2. The van der Waals surface area contributed by atoms with Crippen molar-refractivity contribution in [2.45, 2.75) is 51.2 Å². The Kier molecular flexibility index (Phi) is 3.76. The van der Waals surface area contributed by atoms with E-state index >= 15 is 0 Å². The van der Waals surface area contributed by atoms with Crippen molar-refractivity contribution in [2.75, 3.05) is 0 Å². The van der Waals surface area contributed by atoms with Crippen LogP contribution >= 0.6 is 0 Å². The van der Waals surface area contributed by atoms with Crippen LogP contribution in [0.1, 0.15) is 39.0 Å². The van der Waals surface area contributed by atoms with Crippen LogP contribution < -0.4 is 0 Å². The number of hydrogen-bond acceptors (Lipinski definition) is 2. The van der Waals surface area contributed by atoms with Gasteiger partial charge in [0.25, 0.3) is 0 Å². The van der Waals surface area contributed by atoms with Crippen molar-refractivity contribution >= 4 is 0 Å². The summed E-state index contributed by atoms with van der Waals surface area (Å²) in [7, 11) is 0.